The third-order valence-electron chi connectivity index (χ3n) is 2.34. The molecule has 0 bridgehead atoms. The second-order valence-electron chi connectivity index (χ2n) is 3.70. The summed E-state index contributed by atoms with van der Waals surface area (Å²) < 4.78 is 26.6. The lowest BCUT2D eigenvalue weighted by atomic mass is 10.3. The second-order valence-corrected chi connectivity index (χ2v) is 5.81. The maximum absolute atomic E-state index is 12.1. The zero-order valence-electron chi connectivity index (χ0n) is 9.75. The summed E-state index contributed by atoms with van der Waals surface area (Å²) in [6.07, 6.45) is 1.50. The Balaban J connectivity index is 2.24. The molecule has 0 fully saturated rings. The number of nitrogen functional groups attached to an aromatic ring is 1. The van der Waals surface area contributed by atoms with Crippen molar-refractivity contribution in [2.75, 3.05) is 5.73 Å². The summed E-state index contributed by atoms with van der Waals surface area (Å²) in [5.74, 6) is 0. The van der Waals surface area contributed by atoms with Gasteiger partial charge in [-0.1, -0.05) is 17.7 Å². The van der Waals surface area contributed by atoms with Gasteiger partial charge in [0, 0.05) is 6.20 Å². The second kappa shape index (κ2) is 5.52. The molecule has 1 heterocycles. The first-order chi connectivity index (χ1) is 9.00. The number of benzene rings is 1. The van der Waals surface area contributed by atoms with E-state index in [4.69, 9.17) is 17.3 Å². The fourth-order valence-electron chi connectivity index (χ4n) is 1.48. The van der Waals surface area contributed by atoms with Crippen molar-refractivity contribution in [3.05, 3.63) is 47.2 Å². The standard InChI is InChI=1S/C11H11ClN4O2S/c12-9-4-1-5-10(13)11(9)19(17,18)15-7-8-3-2-6-14-16-8/h1-6,15H,7,13H2. The Labute approximate surface area is 115 Å². The van der Waals surface area contributed by atoms with Crippen LogP contribution in [0.25, 0.3) is 0 Å². The van der Waals surface area contributed by atoms with Crippen LogP contribution in [0, 0.1) is 0 Å². The summed E-state index contributed by atoms with van der Waals surface area (Å²) in [6.45, 7) is 0.0147. The first-order valence-electron chi connectivity index (χ1n) is 5.31. The number of sulfonamides is 1. The summed E-state index contributed by atoms with van der Waals surface area (Å²) >= 11 is 5.87. The number of halogens is 1. The van der Waals surface area contributed by atoms with Crippen molar-refractivity contribution in [2.24, 2.45) is 0 Å². The highest BCUT2D eigenvalue weighted by molar-refractivity contribution is 7.89. The number of hydrogen-bond donors (Lipinski definition) is 2. The first-order valence-corrected chi connectivity index (χ1v) is 7.17. The van der Waals surface area contributed by atoms with E-state index in [1.54, 1.807) is 18.2 Å². The van der Waals surface area contributed by atoms with E-state index in [-0.39, 0.29) is 22.2 Å². The molecule has 8 heteroatoms. The van der Waals surface area contributed by atoms with Crippen molar-refractivity contribution in [1.82, 2.24) is 14.9 Å². The van der Waals surface area contributed by atoms with Crippen molar-refractivity contribution in [1.29, 1.82) is 0 Å². The third-order valence-corrected chi connectivity index (χ3v) is 4.28. The molecule has 6 nitrogen and oxygen atoms in total. The van der Waals surface area contributed by atoms with Gasteiger partial charge < -0.3 is 5.73 Å². The SMILES string of the molecule is Nc1cccc(Cl)c1S(=O)(=O)NCc1cccnn1. The van der Waals surface area contributed by atoms with E-state index in [1.165, 1.54) is 18.3 Å². The molecule has 0 amide bonds. The molecule has 3 N–H and O–H groups in total. The predicted molar refractivity (Wildman–Crippen MR) is 71.9 cm³/mol. The molecule has 0 saturated heterocycles. The van der Waals surface area contributed by atoms with Gasteiger partial charge in [0.15, 0.2) is 0 Å². The molecule has 0 spiro atoms. The van der Waals surface area contributed by atoms with Crippen LogP contribution < -0.4 is 10.5 Å². The molecule has 0 aliphatic carbocycles. The molecule has 2 rings (SSSR count). The average molecular weight is 299 g/mol. The van der Waals surface area contributed by atoms with Gasteiger partial charge in [-0.3, -0.25) is 0 Å². The molecule has 0 saturated carbocycles. The van der Waals surface area contributed by atoms with Crippen LogP contribution in [0.3, 0.4) is 0 Å². The Kier molecular flexibility index (Phi) is 3.98. The van der Waals surface area contributed by atoms with E-state index in [0.29, 0.717) is 5.69 Å². The lowest BCUT2D eigenvalue weighted by Gasteiger charge is -2.10. The van der Waals surface area contributed by atoms with Gasteiger partial charge in [-0.2, -0.15) is 10.2 Å². The molecule has 0 radical (unpaired) electrons. The minimum absolute atomic E-state index is 0.0147. The van der Waals surface area contributed by atoms with Crippen molar-refractivity contribution in [2.45, 2.75) is 11.4 Å². The van der Waals surface area contributed by atoms with Crippen molar-refractivity contribution < 1.29 is 8.42 Å². The summed E-state index contributed by atoms with van der Waals surface area (Å²) in [6, 6.07) is 7.85. The van der Waals surface area contributed by atoms with Gasteiger partial charge in [-0.15, -0.1) is 0 Å². The van der Waals surface area contributed by atoms with Crippen LogP contribution in [-0.2, 0) is 16.6 Å². The highest BCUT2D eigenvalue weighted by atomic mass is 35.5. The maximum Gasteiger partial charge on any atom is 0.244 e. The third kappa shape index (κ3) is 3.19. The van der Waals surface area contributed by atoms with Gasteiger partial charge in [0.25, 0.3) is 0 Å². The van der Waals surface area contributed by atoms with Crippen molar-refractivity contribution in [3.63, 3.8) is 0 Å². The summed E-state index contributed by atoms with van der Waals surface area (Å²) in [4.78, 5) is -0.124. The number of rotatable bonds is 4. The molecular formula is C11H11ClN4O2S. The van der Waals surface area contributed by atoms with E-state index in [9.17, 15) is 8.42 Å². The minimum Gasteiger partial charge on any atom is -0.398 e. The van der Waals surface area contributed by atoms with Gasteiger partial charge in [0.1, 0.15) is 4.90 Å². The van der Waals surface area contributed by atoms with Gasteiger partial charge in [-0.05, 0) is 24.3 Å². The van der Waals surface area contributed by atoms with Crippen LogP contribution in [-0.4, -0.2) is 18.6 Å². The highest BCUT2D eigenvalue weighted by Crippen LogP contribution is 2.26. The van der Waals surface area contributed by atoms with E-state index in [0.717, 1.165) is 0 Å². The Morgan fingerprint density at radius 2 is 2.05 bits per heavy atom. The van der Waals surface area contributed by atoms with Crippen LogP contribution in [0.15, 0.2) is 41.4 Å². The van der Waals surface area contributed by atoms with Crippen LogP contribution >= 0.6 is 11.6 Å². The zero-order valence-corrected chi connectivity index (χ0v) is 11.3. The fourth-order valence-corrected chi connectivity index (χ4v) is 3.15. The molecule has 0 aliphatic rings. The Morgan fingerprint density at radius 1 is 1.26 bits per heavy atom. The van der Waals surface area contributed by atoms with Gasteiger partial charge in [0.2, 0.25) is 10.0 Å². The van der Waals surface area contributed by atoms with E-state index >= 15 is 0 Å². The zero-order chi connectivity index (χ0) is 13.9. The molecule has 19 heavy (non-hydrogen) atoms. The number of nitrogens with two attached hydrogens (primary N) is 1. The number of aromatic nitrogens is 2. The van der Waals surface area contributed by atoms with Crippen LogP contribution in [0.2, 0.25) is 5.02 Å². The summed E-state index contributed by atoms with van der Waals surface area (Å²) in [5.41, 5.74) is 6.24. The minimum atomic E-state index is -3.79. The molecular weight excluding hydrogens is 288 g/mol. The topological polar surface area (TPSA) is 98.0 Å². The van der Waals surface area contributed by atoms with Gasteiger partial charge >= 0.3 is 0 Å². The molecule has 0 atom stereocenters. The van der Waals surface area contributed by atoms with Crippen LogP contribution in [0.1, 0.15) is 5.69 Å². The number of nitrogens with one attached hydrogen (secondary N) is 1. The molecule has 1 aromatic heterocycles. The van der Waals surface area contributed by atoms with E-state index in [2.05, 4.69) is 14.9 Å². The first kappa shape index (κ1) is 13.7. The number of anilines is 1. The molecule has 1 aromatic carbocycles. The Bertz CT molecular complexity index is 656. The smallest absolute Gasteiger partial charge is 0.244 e. The number of nitrogens with zero attached hydrogens (tertiary/aromatic N) is 2. The van der Waals surface area contributed by atoms with E-state index in [1.807, 2.05) is 0 Å². The van der Waals surface area contributed by atoms with Gasteiger partial charge in [0.05, 0.1) is 22.9 Å². The summed E-state index contributed by atoms with van der Waals surface area (Å²) in [7, 11) is -3.79. The lowest BCUT2D eigenvalue weighted by molar-refractivity contribution is 0.580. The molecule has 0 aliphatic heterocycles. The molecule has 2 aromatic rings. The van der Waals surface area contributed by atoms with Gasteiger partial charge in [-0.25, -0.2) is 13.1 Å². The maximum atomic E-state index is 12.1. The summed E-state index contributed by atoms with van der Waals surface area (Å²) in [5, 5.41) is 7.51. The molecule has 100 valence electrons. The predicted octanol–water partition coefficient (Wildman–Crippen LogP) is 1.19. The van der Waals surface area contributed by atoms with Crippen LogP contribution in [0.4, 0.5) is 5.69 Å². The Hall–Kier alpha value is -1.70. The number of hydrogen-bond acceptors (Lipinski definition) is 5. The van der Waals surface area contributed by atoms with E-state index < -0.39 is 10.0 Å². The normalized spacial score (nSPS) is 11.4. The Morgan fingerprint density at radius 3 is 2.68 bits per heavy atom. The lowest BCUT2D eigenvalue weighted by Crippen LogP contribution is -2.25. The fraction of sp³-hybridized carbons (Fsp3) is 0.0909. The van der Waals surface area contributed by atoms with Crippen molar-refractivity contribution >= 4 is 27.3 Å². The largest absolute Gasteiger partial charge is 0.398 e. The quantitative estimate of drug-likeness (QED) is 0.826. The highest BCUT2D eigenvalue weighted by Gasteiger charge is 2.20. The molecule has 0 unspecified atom stereocenters. The monoisotopic (exact) mass is 298 g/mol. The van der Waals surface area contributed by atoms with Crippen molar-refractivity contribution in [3.8, 4) is 0 Å². The average Bonchev–Trinajstić information content (AvgIpc) is 2.37. The van der Waals surface area contributed by atoms with Crippen LogP contribution in [0.5, 0.6) is 0 Å².